The molecule has 0 spiro atoms. The van der Waals surface area contributed by atoms with Gasteiger partial charge in [-0.15, -0.1) is 0 Å². The van der Waals surface area contributed by atoms with Gasteiger partial charge in [-0.2, -0.15) is 0 Å². The summed E-state index contributed by atoms with van der Waals surface area (Å²) in [7, 11) is 1.61. The third-order valence-electron chi connectivity index (χ3n) is 1.64. The number of aliphatic hydroxyl groups excluding tert-OH is 1. The van der Waals surface area contributed by atoms with Crippen LogP contribution in [0.1, 0.15) is 13.3 Å². The van der Waals surface area contributed by atoms with Gasteiger partial charge in [-0.05, 0) is 6.92 Å². The van der Waals surface area contributed by atoms with Crippen LogP contribution in [0.4, 0.5) is 0 Å². The molecule has 0 rings (SSSR count). The number of aliphatic hydroxyl groups is 1. The van der Waals surface area contributed by atoms with Crippen LogP contribution in [0.3, 0.4) is 0 Å². The highest BCUT2D eigenvalue weighted by Gasteiger charge is 2.14. The fourth-order valence-corrected chi connectivity index (χ4v) is 0.766. The Morgan fingerprint density at radius 1 is 1.75 bits per heavy atom. The van der Waals surface area contributed by atoms with Crippen molar-refractivity contribution in [2.75, 3.05) is 13.7 Å². The Hall–Kier alpha value is -0.680. The second-order valence-corrected chi connectivity index (χ2v) is 3.20. The highest BCUT2D eigenvalue weighted by Crippen LogP contribution is 1.97. The van der Waals surface area contributed by atoms with E-state index in [1.807, 2.05) is 0 Å². The second kappa shape index (κ2) is 5.05. The lowest BCUT2D eigenvalue weighted by atomic mass is 10.3. The minimum Gasteiger partial charge on any atom is -0.394 e. The molecule has 0 saturated heterocycles. The first-order valence-corrected chi connectivity index (χ1v) is 4.04. The van der Waals surface area contributed by atoms with Crippen LogP contribution in [0, 0.1) is 0 Å². The molecule has 0 aliphatic carbocycles. The van der Waals surface area contributed by atoms with Gasteiger partial charge in [0.25, 0.3) is 0 Å². The monoisotopic (exact) mass is 190 g/mol. The molecule has 0 aromatic rings. The van der Waals surface area contributed by atoms with Crippen molar-refractivity contribution in [1.82, 2.24) is 4.90 Å². The maximum atomic E-state index is 11.2. The SMILES string of the molecule is CC(CO)N(C)C(=O)CC(N)=S. The molecule has 1 unspecified atom stereocenters. The predicted molar refractivity (Wildman–Crippen MR) is 50.7 cm³/mol. The smallest absolute Gasteiger partial charge is 0.229 e. The van der Waals surface area contributed by atoms with Gasteiger partial charge in [-0.25, -0.2) is 0 Å². The zero-order valence-corrected chi connectivity index (χ0v) is 8.10. The highest BCUT2D eigenvalue weighted by molar-refractivity contribution is 7.80. The summed E-state index contributed by atoms with van der Waals surface area (Å²) < 4.78 is 0. The summed E-state index contributed by atoms with van der Waals surface area (Å²) in [5.41, 5.74) is 5.19. The van der Waals surface area contributed by atoms with E-state index < -0.39 is 0 Å². The number of carbonyl (C=O) groups is 1. The Morgan fingerprint density at radius 2 is 2.25 bits per heavy atom. The first kappa shape index (κ1) is 11.3. The van der Waals surface area contributed by atoms with Crippen molar-refractivity contribution in [2.45, 2.75) is 19.4 Å². The summed E-state index contributed by atoms with van der Waals surface area (Å²) in [6, 6.07) is -0.188. The topological polar surface area (TPSA) is 66.6 Å². The summed E-state index contributed by atoms with van der Waals surface area (Å²) in [6.07, 6.45) is 0.0656. The van der Waals surface area contributed by atoms with E-state index in [0.717, 1.165) is 0 Å². The Labute approximate surface area is 77.3 Å². The Morgan fingerprint density at radius 3 is 2.58 bits per heavy atom. The van der Waals surface area contributed by atoms with E-state index in [9.17, 15) is 4.79 Å². The van der Waals surface area contributed by atoms with Crippen LogP contribution in [0.5, 0.6) is 0 Å². The summed E-state index contributed by atoms with van der Waals surface area (Å²) in [5.74, 6) is -0.163. The normalized spacial score (nSPS) is 12.2. The number of nitrogens with two attached hydrogens (primary N) is 1. The number of hydrogen-bond donors (Lipinski definition) is 2. The number of likely N-dealkylation sites (N-methyl/N-ethyl adjacent to an activating group) is 1. The van der Waals surface area contributed by atoms with Crippen molar-refractivity contribution >= 4 is 23.1 Å². The zero-order valence-electron chi connectivity index (χ0n) is 7.28. The van der Waals surface area contributed by atoms with E-state index >= 15 is 0 Å². The lowest BCUT2D eigenvalue weighted by Gasteiger charge is -2.22. The van der Waals surface area contributed by atoms with Gasteiger partial charge in [0, 0.05) is 7.05 Å². The van der Waals surface area contributed by atoms with E-state index in [1.54, 1.807) is 14.0 Å². The van der Waals surface area contributed by atoms with Crippen LogP contribution in [-0.2, 0) is 4.79 Å². The van der Waals surface area contributed by atoms with Gasteiger partial charge in [0.2, 0.25) is 5.91 Å². The number of rotatable bonds is 4. The van der Waals surface area contributed by atoms with Crippen molar-refractivity contribution in [3.63, 3.8) is 0 Å². The average Bonchev–Trinajstić information content (AvgIpc) is 2.00. The number of hydrogen-bond acceptors (Lipinski definition) is 3. The van der Waals surface area contributed by atoms with Gasteiger partial charge < -0.3 is 15.7 Å². The van der Waals surface area contributed by atoms with Gasteiger partial charge >= 0.3 is 0 Å². The van der Waals surface area contributed by atoms with Crippen LogP contribution < -0.4 is 5.73 Å². The van der Waals surface area contributed by atoms with Gasteiger partial charge in [0.15, 0.2) is 0 Å². The number of amides is 1. The number of nitrogens with zero attached hydrogens (tertiary/aromatic N) is 1. The Balaban J connectivity index is 4.01. The standard InChI is InChI=1S/C7H14N2O2S/c1-5(4-10)9(2)7(11)3-6(8)12/h5,10H,3-4H2,1-2H3,(H2,8,12). The minimum atomic E-state index is -0.188. The highest BCUT2D eigenvalue weighted by atomic mass is 32.1. The summed E-state index contributed by atoms with van der Waals surface area (Å²) in [4.78, 5) is 12.8. The lowest BCUT2D eigenvalue weighted by molar-refractivity contribution is -0.131. The number of thiocarbonyl (C=S) groups is 1. The second-order valence-electron chi connectivity index (χ2n) is 2.68. The van der Waals surface area contributed by atoms with E-state index in [1.165, 1.54) is 4.90 Å². The van der Waals surface area contributed by atoms with E-state index in [2.05, 4.69) is 12.2 Å². The van der Waals surface area contributed by atoms with Crippen LogP contribution >= 0.6 is 12.2 Å². The lowest BCUT2D eigenvalue weighted by Crippen LogP contribution is -2.38. The molecule has 1 atom stereocenters. The molecule has 5 heteroatoms. The largest absolute Gasteiger partial charge is 0.394 e. The molecular weight excluding hydrogens is 176 g/mol. The molecule has 70 valence electrons. The fraction of sp³-hybridized carbons (Fsp3) is 0.714. The molecule has 0 aromatic heterocycles. The molecule has 0 saturated carbocycles. The molecule has 3 N–H and O–H groups in total. The molecule has 0 aromatic carbocycles. The van der Waals surface area contributed by atoms with Crippen LogP contribution in [0.25, 0.3) is 0 Å². The van der Waals surface area contributed by atoms with Gasteiger partial charge in [-0.3, -0.25) is 4.79 Å². The maximum Gasteiger partial charge on any atom is 0.229 e. The molecule has 12 heavy (non-hydrogen) atoms. The molecule has 0 aliphatic heterocycles. The number of carbonyl (C=O) groups excluding carboxylic acids is 1. The maximum absolute atomic E-state index is 11.2. The quantitative estimate of drug-likeness (QED) is 0.587. The zero-order chi connectivity index (χ0) is 9.72. The summed E-state index contributed by atoms with van der Waals surface area (Å²) >= 11 is 4.58. The minimum absolute atomic E-state index is 0.0560. The average molecular weight is 190 g/mol. The molecule has 0 fully saturated rings. The van der Waals surface area contributed by atoms with E-state index in [4.69, 9.17) is 10.8 Å². The van der Waals surface area contributed by atoms with E-state index in [0.29, 0.717) is 0 Å². The molecule has 1 amide bonds. The molecule has 0 aliphatic rings. The van der Waals surface area contributed by atoms with Crippen molar-refractivity contribution in [3.8, 4) is 0 Å². The third-order valence-corrected chi connectivity index (χ3v) is 1.79. The van der Waals surface area contributed by atoms with Crippen molar-refractivity contribution in [3.05, 3.63) is 0 Å². The van der Waals surface area contributed by atoms with Gasteiger partial charge in [0.05, 0.1) is 24.1 Å². The Bertz CT molecular complexity index is 184. The predicted octanol–water partition coefficient (Wildman–Crippen LogP) is -0.498. The van der Waals surface area contributed by atoms with Gasteiger partial charge in [0.1, 0.15) is 0 Å². The third kappa shape index (κ3) is 3.64. The molecule has 4 nitrogen and oxygen atoms in total. The fourth-order valence-electron chi connectivity index (χ4n) is 0.642. The Kier molecular flexibility index (Phi) is 4.77. The first-order chi connectivity index (χ1) is 5.49. The van der Waals surface area contributed by atoms with Crippen LogP contribution in [0.2, 0.25) is 0 Å². The van der Waals surface area contributed by atoms with Crippen molar-refractivity contribution in [2.24, 2.45) is 5.73 Å². The van der Waals surface area contributed by atoms with Crippen LogP contribution in [-0.4, -0.2) is 40.6 Å². The summed E-state index contributed by atoms with van der Waals surface area (Å²) in [5, 5.41) is 8.73. The molecule has 0 heterocycles. The molecule has 0 radical (unpaired) electrons. The van der Waals surface area contributed by atoms with Crippen molar-refractivity contribution in [1.29, 1.82) is 0 Å². The van der Waals surface area contributed by atoms with Gasteiger partial charge in [-0.1, -0.05) is 12.2 Å². The molecular formula is C7H14N2O2S. The molecule has 0 bridgehead atoms. The van der Waals surface area contributed by atoms with E-state index in [-0.39, 0.29) is 30.0 Å². The first-order valence-electron chi connectivity index (χ1n) is 3.63. The van der Waals surface area contributed by atoms with Crippen LogP contribution in [0.15, 0.2) is 0 Å². The summed E-state index contributed by atoms with van der Waals surface area (Å²) in [6.45, 7) is 1.69. The van der Waals surface area contributed by atoms with Crippen molar-refractivity contribution < 1.29 is 9.90 Å².